The minimum atomic E-state index is -1.13. The molecule has 1 amide bonds. The van der Waals surface area contributed by atoms with Crippen molar-refractivity contribution in [2.45, 2.75) is 57.7 Å². The van der Waals surface area contributed by atoms with E-state index >= 15 is 0 Å². The third kappa shape index (κ3) is 5.48. The number of amides is 1. The van der Waals surface area contributed by atoms with E-state index in [0.717, 1.165) is 6.20 Å². The molecule has 3 heterocycles. The molecule has 3 N–H and O–H groups in total. The van der Waals surface area contributed by atoms with Gasteiger partial charge in [0.05, 0.1) is 24.0 Å². The first-order valence-corrected chi connectivity index (χ1v) is 11.0. The van der Waals surface area contributed by atoms with Gasteiger partial charge in [-0.25, -0.2) is 28.5 Å². The van der Waals surface area contributed by atoms with Gasteiger partial charge in [-0.3, -0.25) is 0 Å². The monoisotopic (exact) mass is 480 g/mol. The number of hydrogen-bond donors (Lipinski definition) is 3. The summed E-state index contributed by atoms with van der Waals surface area (Å²) in [5, 5.41) is 19.3. The highest BCUT2D eigenvalue weighted by molar-refractivity contribution is 5.94. The van der Waals surface area contributed by atoms with Gasteiger partial charge >= 0.3 is 12.1 Å². The number of aromatic nitrogens is 4. The van der Waals surface area contributed by atoms with E-state index in [-0.39, 0.29) is 11.2 Å². The van der Waals surface area contributed by atoms with Gasteiger partial charge in [0.1, 0.15) is 28.5 Å². The molecule has 182 valence electrons. The van der Waals surface area contributed by atoms with Crippen molar-refractivity contribution >= 4 is 23.5 Å². The lowest BCUT2D eigenvalue weighted by Crippen LogP contribution is -2.37. The lowest BCUT2D eigenvalue weighted by molar-refractivity contribution is 0.0519. The van der Waals surface area contributed by atoms with Crippen LogP contribution in [-0.2, 0) is 10.3 Å². The predicted molar refractivity (Wildman–Crippen MR) is 124 cm³/mol. The van der Waals surface area contributed by atoms with Crippen molar-refractivity contribution in [1.82, 2.24) is 24.9 Å². The molecule has 1 saturated carbocycles. The maximum absolute atomic E-state index is 14.2. The van der Waals surface area contributed by atoms with Gasteiger partial charge in [0.15, 0.2) is 5.65 Å². The van der Waals surface area contributed by atoms with E-state index in [1.165, 1.54) is 16.8 Å². The van der Waals surface area contributed by atoms with Crippen molar-refractivity contribution in [1.29, 1.82) is 0 Å². The summed E-state index contributed by atoms with van der Waals surface area (Å²) in [6, 6.07) is 2.51. The Morgan fingerprint density at radius 3 is 2.71 bits per heavy atom. The summed E-state index contributed by atoms with van der Waals surface area (Å²) in [4.78, 5) is 32.0. The summed E-state index contributed by atoms with van der Waals surface area (Å²) in [5.74, 6) is 4.63. The fourth-order valence-electron chi connectivity index (χ4n) is 3.52. The number of fused-ring (bicyclic) bond motifs is 1. The SMILES string of the molecule is C[C@H](C#Cc1ncc(F)cc1C1(Nc2ccn3ncc(C(=O)O)c3n2)CC1)NC(=O)OC(C)(C)C. The van der Waals surface area contributed by atoms with Crippen molar-refractivity contribution in [3.8, 4) is 11.8 Å². The summed E-state index contributed by atoms with van der Waals surface area (Å²) in [7, 11) is 0. The Morgan fingerprint density at radius 1 is 1.31 bits per heavy atom. The smallest absolute Gasteiger partial charge is 0.408 e. The fourth-order valence-corrected chi connectivity index (χ4v) is 3.52. The Morgan fingerprint density at radius 2 is 2.06 bits per heavy atom. The Labute approximate surface area is 200 Å². The van der Waals surface area contributed by atoms with Gasteiger partial charge in [-0.1, -0.05) is 5.92 Å². The number of nitrogens with one attached hydrogen (secondary N) is 2. The number of aromatic carboxylic acids is 1. The molecule has 0 radical (unpaired) electrons. The maximum Gasteiger partial charge on any atom is 0.408 e. The van der Waals surface area contributed by atoms with E-state index in [9.17, 15) is 19.1 Å². The first kappa shape index (κ1) is 23.9. The number of rotatable bonds is 5. The Balaban J connectivity index is 1.58. The Hall–Kier alpha value is -4.20. The number of anilines is 1. The van der Waals surface area contributed by atoms with Crippen LogP contribution in [0.2, 0.25) is 0 Å². The Kier molecular flexibility index (Phi) is 6.06. The van der Waals surface area contributed by atoms with Gasteiger partial charge in [-0.15, -0.1) is 0 Å². The number of carbonyl (C=O) groups excluding carboxylic acids is 1. The van der Waals surface area contributed by atoms with Crippen molar-refractivity contribution < 1.29 is 23.8 Å². The molecule has 0 saturated heterocycles. The number of ether oxygens (including phenoxy) is 1. The molecule has 1 atom stereocenters. The zero-order valence-electron chi connectivity index (χ0n) is 19.7. The summed E-state index contributed by atoms with van der Waals surface area (Å²) >= 11 is 0. The topological polar surface area (TPSA) is 131 Å². The standard InChI is InChI=1S/C24H25FN6O4/c1-14(28-22(34)35-23(2,3)4)5-6-18-17(11-15(25)12-26-18)24(8-9-24)30-19-7-10-31-20(29-19)16(13-27-31)21(32)33/h7,10-14H,8-9H2,1-4H3,(H,28,34)(H,29,30)(H,32,33)/t14-/m1/s1. The van der Waals surface area contributed by atoms with Crippen molar-refractivity contribution in [3.63, 3.8) is 0 Å². The summed E-state index contributed by atoms with van der Waals surface area (Å²) < 4.78 is 20.8. The van der Waals surface area contributed by atoms with E-state index in [1.54, 1.807) is 40.0 Å². The van der Waals surface area contributed by atoms with Gasteiger partial charge in [-0.05, 0) is 58.6 Å². The van der Waals surface area contributed by atoms with Gasteiger partial charge in [0.25, 0.3) is 0 Å². The van der Waals surface area contributed by atoms with Crippen LogP contribution < -0.4 is 10.6 Å². The lowest BCUT2D eigenvalue weighted by Gasteiger charge is -2.21. The molecule has 4 rings (SSSR count). The quantitative estimate of drug-likeness (QED) is 0.474. The normalized spacial score (nSPS) is 15.0. The van der Waals surface area contributed by atoms with Crippen LogP contribution in [-0.4, -0.2) is 48.4 Å². The van der Waals surface area contributed by atoms with E-state index in [2.05, 4.69) is 37.5 Å². The number of hydrogen-bond acceptors (Lipinski definition) is 7. The largest absolute Gasteiger partial charge is 0.477 e. The summed E-state index contributed by atoms with van der Waals surface area (Å²) in [6.07, 6.45) is 4.69. The number of carboxylic acids is 1. The van der Waals surface area contributed by atoms with Crippen LogP contribution in [0.4, 0.5) is 15.0 Å². The van der Waals surface area contributed by atoms with Gasteiger partial charge in [-0.2, -0.15) is 5.10 Å². The van der Waals surface area contributed by atoms with Crippen molar-refractivity contribution in [3.05, 3.63) is 53.4 Å². The van der Waals surface area contributed by atoms with Gasteiger partial charge in [0.2, 0.25) is 0 Å². The van der Waals surface area contributed by atoms with Gasteiger partial charge < -0.3 is 20.5 Å². The highest BCUT2D eigenvalue weighted by atomic mass is 19.1. The molecular formula is C24H25FN6O4. The summed E-state index contributed by atoms with van der Waals surface area (Å²) in [6.45, 7) is 7.00. The number of nitrogens with zero attached hydrogens (tertiary/aromatic N) is 4. The molecular weight excluding hydrogens is 455 g/mol. The van der Waals surface area contributed by atoms with E-state index in [0.29, 0.717) is 29.9 Å². The van der Waals surface area contributed by atoms with E-state index in [1.807, 2.05) is 0 Å². The summed E-state index contributed by atoms with van der Waals surface area (Å²) in [5.41, 5.74) is -0.197. The first-order valence-electron chi connectivity index (χ1n) is 11.0. The van der Waals surface area contributed by atoms with Crippen LogP contribution in [0.15, 0.2) is 30.7 Å². The minimum Gasteiger partial charge on any atom is -0.477 e. The molecule has 35 heavy (non-hydrogen) atoms. The van der Waals surface area contributed by atoms with Crippen LogP contribution in [0.1, 0.15) is 62.2 Å². The zero-order valence-corrected chi connectivity index (χ0v) is 19.7. The molecule has 0 bridgehead atoms. The molecule has 0 aromatic carbocycles. The second kappa shape index (κ2) is 8.87. The fraction of sp³-hybridized carbons (Fsp3) is 0.375. The molecule has 0 aliphatic heterocycles. The highest BCUT2D eigenvalue weighted by Crippen LogP contribution is 2.49. The van der Waals surface area contributed by atoms with Crippen LogP contribution in [0.5, 0.6) is 0 Å². The van der Waals surface area contributed by atoms with Crippen LogP contribution >= 0.6 is 0 Å². The van der Waals surface area contributed by atoms with E-state index < -0.39 is 35.1 Å². The second-order valence-electron chi connectivity index (χ2n) is 9.34. The van der Waals surface area contributed by atoms with Crippen LogP contribution in [0.25, 0.3) is 5.65 Å². The highest BCUT2D eigenvalue weighted by Gasteiger charge is 2.46. The lowest BCUT2D eigenvalue weighted by atomic mass is 10.0. The average molecular weight is 481 g/mol. The molecule has 10 nitrogen and oxygen atoms in total. The molecule has 1 aliphatic carbocycles. The predicted octanol–water partition coefficient (Wildman–Crippen LogP) is 3.33. The number of carbonyl (C=O) groups is 2. The number of alkyl carbamates (subject to hydrolysis) is 1. The third-order valence-corrected chi connectivity index (χ3v) is 5.23. The van der Waals surface area contributed by atoms with E-state index in [4.69, 9.17) is 4.74 Å². The number of carboxylic acid groups (broad SMARTS) is 1. The van der Waals surface area contributed by atoms with Gasteiger partial charge in [0, 0.05) is 11.8 Å². The first-order chi connectivity index (χ1) is 16.5. The third-order valence-electron chi connectivity index (χ3n) is 5.23. The molecule has 1 fully saturated rings. The minimum absolute atomic E-state index is 0.0241. The number of halogens is 1. The number of pyridine rings is 1. The average Bonchev–Trinajstić information content (AvgIpc) is 3.40. The van der Waals surface area contributed by atoms with Crippen molar-refractivity contribution in [2.24, 2.45) is 0 Å². The molecule has 3 aromatic rings. The second-order valence-corrected chi connectivity index (χ2v) is 9.34. The van der Waals surface area contributed by atoms with Crippen molar-refractivity contribution in [2.75, 3.05) is 5.32 Å². The molecule has 0 unspecified atom stereocenters. The molecule has 11 heteroatoms. The van der Waals surface area contributed by atoms with Crippen LogP contribution in [0, 0.1) is 17.7 Å². The zero-order chi connectivity index (χ0) is 25.4. The molecule has 1 aliphatic rings. The Bertz CT molecular complexity index is 1360. The van der Waals surface area contributed by atoms with Crippen LogP contribution in [0.3, 0.4) is 0 Å². The molecule has 0 spiro atoms. The molecule has 3 aromatic heterocycles. The maximum atomic E-state index is 14.2.